The number of aliphatic imine (C=N–C) groups is 1. The highest BCUT2D eigenvalue weighted by atomic mass is 16.7. The van der Waals surface area contributed by atoms with E-state index in [1.54, 1.807) is 0 Å². The van der Waals surface area contributed by atoms with Gasteiger partial charge >= 0.3 is 0 Å². The number of guanidine groups is 1. The Kier molecular flexibility index (Phi) is 4.85. The molecule has 0 bridgehead atoms. The van der Waals surface area contributed by atoms with Crippen LogP contribution in [0.1, 0.15) is 18.4 Å². The van der Waals surface area contributed by atoms with Gasteiger partial charge in [0.15, 0.2) is 17.5 Å². The topological polar surface area (TPSA) is 46.5 Å². The molecule has 0 N–H and O–H groups in total. The summed E-state index contributed by atoms with van der Waals surface area (Å²) >= 11 is 0. The van der Waals surface area contributed by atoms with Crippen LogP contribution in [-0.2, 0) is 10.2 Å². The number of hydrogen-bond donors (Lipinski definition) is 0. The molecule has 3 rings (SSSR count). The van der Waals surface area contributed by atoms with Gasteiger partial charge in [-0.05, 0) is 30.5 Å². The van der Waals surface area contributed by atoms with Crippen molar-refractivity contribution in [3.8, 4) is 11.5 Å². The van der Waals surface area contributed by atoms with Crippen LogP contribution in [0.25, 0.3) is 0 Å². The predicted octanol–water partition coefficient (Wildman–Crippen LogP) is 1.94. The van der Waals surface area contributed by atoms with Gasteiger partial charge in [0.2, 0.25) is 6.79 Å². The van der Waals surface area contributed by atoms with E-state index < -0.39 is 0 Å². The molecule has 132 valence electrons. The molecule has 6 nitrogen and oxygen atoms in total. The van der Waals surface area contributed by atoms with E-state index in [2.05, 4.69) is 12.1 Å². The normalized spacial score (nSPS) is 18.2. The van der Waals surface area contributed by atoms with Gasteiger partial charge in [-0.2, -0.15) is 0 Å². The number of benzene rings is 1. The molecule has 1 fully saturated rings. The monoisotopic (exact) mass is 333 g/mol. The summed E-state index contributed by atoms with van der Waals surface area (Å²) in [5, 5.41) is 0. The summed E-state index contributed by atoms with van der Waals surface area (Å²) < 4.78 is 16.6. The Bertz CT molecular complexity index is 598. The van der Waals surface area contributed by atoms with E-state index in [1.165, 1.54) is 5.56 Å². The van der Waals surface area contributed by atoms with Gasteiger partial charge in [0.1, 0.15) is 0 Å². The smallest absolute Gasteiger partial charge is 0.231 e. The fraction of sp³-hybridized carbons (Fsp3) is 0.611. The molecular weight excluding hydrogens is 306 g/mol. The minimum atomic E-state index is -0.0174. The molecule has 2 aliphatic heterocycles. The Hall–Kier alpha value is -1.95. The van der Waals surface area contributed by atoms with Gasteiger partial charge in [-0.15, -0.1) is 0 Å². The molecule has 24 heavy (non-hydrogen) atoms. The maximum absolute atomic E-state index is 5.62. The second kappa shape index (κ2) is 6.89. The van der Waals surface area contributed by atoms with Crippen LogP contribution in [-0.4, -0.2) is 70.5 Å². The Morgan fingerprint density at radius 3 is 2.38 bits per heavy atom. The molecule has 1 saturated heterocycles. The summed E-state index contributed by atoms with van der Waals surface area (Å²) in [5.74, 6) is 2.64. The highest BCUT2D eigenvalue weighted by Gasteiger charge is 2.36. The van der Waals surface area contributed by atoms with Crippen molar-refractivity contribution >= 4 is 5.96 Å². The fourth-order valence-electron chi connectivity index (χ4n) is 3.43. The lowest BCUT2D eigenvalue weighted by molar-refractivity contribution is 0.0529. The molecule has 0 unspecified atom stereocenters. The first-order valence-corrected chi connectivity index (χ1v) is 8.39. The number of rotatable bonds is 3. The van der Waals surface area contributed by atoms with Gasteiger partial charge in [-0.3, -0.25) is 4.99 Å². The molecule has 0 spiro atoms. The molecule has 1 aromatic carbocycles. The zero-order valence-corrected chi connectivity index (χ0v) is 15.0. The largest absolute Gasteiger partial charge is 0.454 e. The quantitative estimate of drug-likeness (QED) is 0.625. The lowest BCUT2D eigenvalue weighted by atomic mass is 9.74. The molecule has 0 aliphatic carbocycles. The molecular formula is C18H27N3O3. The zero-order valence-electron chi connectivity index (χ0n) is 15.0. The minimum Gasteiger partial charge on any atom is -0.454 e. The van der Waals surface area contributed by atoms with Gasteiger partial charge in [0, 0.05) is 46.8 Å². The lowest BCUT2D eigenvalue weighted by Crippen LogP contribution is -2.40. The van der Waals surface area contributed by atoms with E-state index in [4.69, 9.17) is 19.2 Å². The van der Waals surface area contributed by atoms with Crippen LogP contribution in [0.5, 0.6) is 11.5 Å². The Morgan fingerprint density at radius 1 is 1.04 bits per heavy atom. The highest BCUT2D eigenvalue weighted by molar-refractivity contribution is 5.79. The molecule has 1 aromatic rings. The second-order valence-corrected chi connectivity index (χ2v) is 6.87. The van der Waals surface area contributed by atoms with Crippen LogP contribution in [0.4, 0.5) is 0 Å². The third-order valence-corrected chi connectivity index (χ3v) is 4.76. The molecule has 0 amide bonds. The van der Waals surface area contributed by atoms with Crippen LogP contribution in [0, 0.1) is 0 Å². The van der Waals surface area contributed by atoms with E-state index in [0.717, 1.165) is 50.1 Å². The zero-order chi connectivity index (χ0) is 17.2. The first-order chi connectivity index (χ1) is 11.5. The number of ether oxygens (including phenoxy) is 3. The van der Waals surface area contributed by atoms with Gasteiger partial charge < -0.3 is 24.0 Å². The maximum Gasteiger partial charge on any atom is 0.231 e. The van der Waals surface area contributed by atoms with Crippen molar-refractivity contribution in [1.29, 1.82) is 0 Å². The van der Waals surface area contributed by atoms with E-state index >= 15 is 0 Å². The summed E-state index contributed by atoms with van der Waals surface area (Å²) in [6.07, 6.45) is 1.93. The van der Waals surface area contributed by atoms with Gasteiger partial charge in [-0.25, -0.2) is 0 Å². The van der Waals surface area contributed by atoms with Crippen molar-refractivity contribution in [2.24, 2.45) is 4.99 Å². The molecule has 0 atom stereocenters. The summed E-state index contributed by atoms with van der Waals surface area (Å²) in [4.78, 5) is 9.03. The predicted molar refractivity (Wildman–Crippen MR) is 94.0 cm³/mol. The van der Waals surface area contributed by atoms with E-state index in [9.17, 15) is 0 Å². The average molecular weight is 333 g/mol. The molecule has 6 heteroatoms. The van der Waals surface area contributed by atoms with Crippen LogP contribution < -0.4 is 9.47 Å². The SMILES string of the molecule is CN(C)C(=NCC1(c2ccc3c(c2)OCO3)CCOCC1)N(C)C. The number of fused-ring (bicyclic) bond motifs is 1. The molecule has 0 aromatic heterocycles. The van der Waals surface area contributed by atoms with Crippen molar-refractivity contribution in [2.75, 3.05) is 54.7 Å². The first-order valence-electron chi connectivity index (χ1n) is 8.39. The van der Waals surface area contributed by atoms with Crippen LogP contribution in [0.3, 0.4) is 0 Å². The summed E-state index contributed by atoms with van der Waals surface area (Å²) in [6, 6.07) is 6.28. The van der Waals surface area contributed by atoms with Gasteiger partial charge in [-0.1, -0.05) is 6.07 Å². The molecule has 0 radical (unpaired) electrons. The maximum atomic E-state index is 5.62. The first kappa shape index (κ1) is 16.9. The standard InChI is InChI=1S/C18H27N3O3/c1-20(2)17(21(3)4)19-12-18(7-9-22-10-8-18)14-5-6-15-16(11-14)24-13-23-15/h5-6,11H,7-10,12-13H2,1-4H3. The Morgan fingerprint density at radius 2 is 1.71 bits per heavy atom. The number of nitrogens with zero attached hydrogens (tertiary/aromatic N) is 3. The fourth-order valence-corrected chi connectivity index (χ4v) is 3.43. The Labute approximate surface area is 144 Å². The summed E-state index contributed by atoms with van der Waals surface area (Å²) in [5.41, 5.74) is 1.24. The third kappa shape index (κ3) is 3.29. The second-order valence-electron chi connectivity index (χ2n) is 6.87. The van der Waals surface area contributed by atoms with Crippen molar-refractivity contribution in [3.63, 3.8) is 0 Å². The molecule has 2 aliphatic rings. The van der Waals surface area contributed by atoms with E-state index in [-0.39, 0.29) is 5.41 Å². The highest BCUT2D eigenvalue weighted by Crippen LogP contribution is 2.41. The van der Waals surface area contributed by atoms with Crippen LogP contribution in [0.15, 0.2) is 23.2 Å². The summed E-state index contributed by atoms with van der Waals surface area (Å²) in [7, 11) is 8.10. The van der Waals surface area contributed by atoms with Crippen molar-refractivity contribution in [1.82, 2.24) is 9.80 Å². The van der Waals surface area contributed by atoms with Crippen LogP contribution in [0.2, 0.25) is 0 Å². The Balaban J connectivity index is 1.91. The van der Waals surface area contributed by atoms with Gasteiger partial charge in [0.05, 0.1) is 6.54 Å². The van der Waals surface area contributed by atoms with Crippen molar-refractivity contribution in [2.45, 2.75) is 18.3 Å². The molecule has 0 saturated carbocycles. The van der Waals surface area contributed by atoms with Crippen LogP contribution >= 0.6 is 0 Å². The summed E-state index contributed by atoms with van der Waals surface area (Å²) in [6.45, 7) is 2.58. The minimum absolute atomic E-state index is 0.0174. The van der Waals surface area contributed by atoms with E-state index in [0.29, 0.717) is 6.79 Å². The number of hydrogen-bond acceptors (Lipinski definition) is 4. The average Bonchev–Trinajstić information content (AvgIpc) is 3.02. The van der Waals surface area contributed by atoms with Crippen molar-refractivity contribution < 1.29 is 14.2 Å². The van der Waals surface area contributed by atoms with Crippen molar-refractivity contribution in [3.05, 3.63) is 23.8 Å². The molecule has 2 heterocycles. The third-order valence-electron chi connectivity index (χ3n) is 4.76. The van der Waals surface area contributed by atoms with Gasteiger partial charge in [0.25, 0.3) is 0 Å². The van der Waals surface area contributed by atoms with E-state index in [1.807, 2.05) is 44.1 Å². The lowest BCUT2D eigenvalue weighted by Gasteiger charge is -2.37.